The molecule has 0 aliphatic carbocycles. The predicted molar refractivity (Wildman–Crippen MR) is 77.0 cm³/mol. The van der Waals surface area contributed by atoms with Gasteiger partial charge in [-0.05, 0) is 5.56 Å². The minimum Gasteiger partial charge on any atom is -0.337 e. The summed E-state index contributed by atoms with van der Waals surface area (Å²) in [5.74, 6) is -0.278. The first kappa shape index (κ1) is 13.4. The average molecular weight is 280 g/mol. The van der Waals surface area contributed by atoms with E-state index in [0.717, 1.165) is 5.56 Å². The molecule has 2 atom stereocenters. The topological polar surface area (TPSA) is 61.9 Å². The zero-order chi connectivity index (χ0) is 14.8. The maximum absolute atomic E-state index is 11.8. The quantitative estimate of drug-likeness (QED) is 0.863. The number of carbonyl (C=O) groups is 1. The number of hydrogen-bond acceptors (Lipinski definition) is 3. The van der Waals surface area contributed by atoms with Gasteiger partial charge >= 0.3 is 0 Å². The van der Waals surface area contributed by atoms with Crippen molar-refractivity contribution in [1.29, 1.82) is 5.26 Å². The van der Waals surface area contributed by atoms with E-state index >= 15 is 0 Å². The van der Waals surface area contributed by atoms with E-state index in [9.17, 15) is 10.1 Å². The van der Waals surface area contributed by atoms with Crippen LogP contribution in [0.15, 0.2) is 42.7 Å². The summed E-state index contributed by atoms with van der Waals surface area (Å²) in [4.78, 5) is 13.4. The van der Waals surface area contributed by atoms with E-state index < -0.39 is 0 Å². The van der Waals surface area contributed by atoms with Crippen LogP contribution in [-0.2, 0) is 11.3 Å². The number of carbonyl (C=O) groups excluding carboxylic acids is 1. The number of nitriles is 1. The molecule has 5 heteroatoms. The molecular weight excluding hydrogens is 264 g/mol. The monoisotopic (exact) mass is 280 g/mol. The van der Waals surface area contributed by atoms with Crippen molar-refractivity contribution >= 4 is 5.91 Å². The van der Waals surface area contributed by atoms with Gasteiger partial charge in [0.05, 0.1) is 30.8 Å². The van der Waals surface area contributed by atoms with Crippen LogP contribution in [0.25, 0.3) is 0 Å². The molecule has 1 aliphatic heterocycles. The maximum atomic E-state index is 11.8. The Morgan fingerprint density at radius 1 is 1.38 bits per heavy atom. The van der Waals surface area contributed by atoms with Crippen LogP contribution >= 0.6 is 0 Å². The number of benzene rings is 1. The number of rotatable bonds is 3. The lowest BCUT2D eigenvalue weighted by molar-refractivity contribution is -0.127. The fraction of sp³-hybridized carbons (Fsp3) is 0.312. The van der Waals surface area contributed by atoms with Crippen LogP contribution in [0.2, 0.25) is 0 Å². The molecule has 0 saturated carbocycles. The molecule has 2 heterocycles. The zero-order valence-corrected chi connectivity index (χ0v) is 11.8. The van der Waals surface area contributed by atoms with E-state index in [2.05, 4.69) is 11.2 Å². The molecule has 106 valence electrons. The van der Waals surface area contributed by atoms with Crippen molar-refractivity contribution in [3.8, 4) is 6.07 Å². The van der Waals surface area contributed by atoms with Crippen LogP contribution in [0.1, 0.15) is 23.6 Å². The molecule has 3 rings (SSSR count). The summed E-state index contributed by atoms with van der Waals surface area (Å²) in [5, 5.41) is 13.6. The van der Waals surface area contributed by atoms with Gasteiger partial charge in [0.1, 0.15) is 0 Å². The minimum absolute atomic E-state index is 0.0161. The second kappa shape index (κ2) is 5.41. The summed E-state index contributed by atoms with van der Waals surface area (Å²) in [5.41, 5.74) is 2.09. The third-order valence-corrected chi connectivity index (χ3v) is 3.93. The van der Waals surface area contributed by atoms with Crippen LogP contribution in [-0.4, -0.2) is 27.6 Å². The Bertz CT molecular complexity index is 686. The summed E-state index contributed by atoms with van der Waals surface area (Å²) < 4.78 is 1.84. The smallest absolute Gasteiger partial charge is 0.224 e. The molecule has 1 aliphatic rings. The fourth-order valence-corrected chi connectivity index (χ4v) is 2.83. The van der Waals surface area contributed by atoms with Gasteiger partial charge < -0.3 is 4.90 Å². The van der Waals surface area contributed by atoms with E-state index in [4.69, 9.17) is 0 Å². The summed E-state index contributed by atoms with van der Waals surface area (Å²) in [6.07, 6.45) is 3.98. The molecule has 2 aromatic rings. The molecule has 0 radical (unpaired) electrons. The number of hydrogen-bond donors (Lipinski definition) is 0. The molecule has 0 unspecified atom stereocenters. The molecule has 1 aromatic heterocycles. The third-order valence-electron chi connectivity index (χ3n) is 3.93. The normalized spacial score (nSPS) is 21.5. The average Bonchev–Trinajstić information content (AvgIpc) is 3.05. The van der Waals surface area contributed by atoms with E-state index in [-0.39, 0.29) is 17.9 Å². The van der Waals surface area contributed by atoms with Crippen molar-refractivity contribution in [3.05, 3.63) is 53.9 Å². The highest BCUT2D eigenvalue weighted by Crippen LogP contribution is 2.36. The van der Waals surface area contributed by atoms with Gasteiger partial charge in [-0.15, -0.1) is 0 Å². The van der Waals surface area contributed by atoms with Crippen LogP contribution in [0.4, 0.5) is 0 Å². The number of nitrogens with zero attached hydrogens (tertiary/aromatic N) is 4. The van der Waals surface area contributed by atoms with Crippen molar-refractivity contribution in [3.63, 3.8) is 0 Å². The van der Waals surface area contributed by atoms with Crippen molar-refractivity contribution in [2.75, 3.05) is 7.05 Å². The predicted octanol–water partition coefficient (Wildman–Crippen LogP) is 1.97. The molecule has 21 heavy (non-hydrogen) atoms. The lowest BCUT2D eigenvalue weighted by Gasteiger charge is -2.20. The van der Waals surface area contributed by atoms with Gasteiger partial charge in [0, 0.05) is 25.2 Å². The molecule has 0 N–H and O–H groups in total. The van der Waals surface area contributed by atoms with Crippen molar-refractivity contribution in [1.82, 2.24) is 14.7 Å². The second-order valence-corrected chi connectivity index (χ2v) is 5.35. The van der Waals surface area contributed by atoms with Crippen LogP contribution in [0.3, 0.4) is 0 Å². The standard InChI is InChI=1S/C16H16N4O/c1-19-15(21)7-13(8-17)16(19)14-9-18-20(11-14)10-12-5-3-2-4-6-12/h2-6,9,11,13,16H,7,10H2,1H3/t13-,16-/m1/s1. The Hall–Kier alpha value is -2.61. The van der Waals surface area contributed by atoms with Gasteiger partial charge in [-0.25, -0.2) is 0 Å². The van der Waals surface area contributed by atoms with Gasteiger partial charge in [-0.2, -0.15) is 10.4 Å². The summed E-state index contributed by atoms with van der Waals surface area (Å²) in [6.45, 7) is 0.683. The largest absolute Gasteiger partial charge is 0.337 e. The SMILES string of the molecule is CN1C(=O)C[C@H](C#N)[C@@H]1c1cnn(Cc2ccccc2)c1. The highest BCUT2D eigenvalue weighted by Gasteiger charge is 2.39. The Labute approximate surface area is 123 Å². The Balaban J connectivity index is 1.82. The van der Waals surface area contributed by atoms with E-state index in [1.165, 1.54) is 5.56 Å². The van der Waals surface area contributed by atoms with Crippen LogP contribution < -0.4 is 0 Å². The molecule has 0 spiro atoms. The Morgan fingerprint density at radius 3 is 2.86 bits per heavy atom. The molecular formula is C16H16N4O. The molecule has 1 amide bonds. The number of aromatic nitrogens is 2. The Morgan fingerprint density at radius 2 is 2.14 bits per heavy atom. The van der Waals surface area contributed by atoms with Gasteiger partial charge in [-0.1, -0.05) is 30.3 Å². The second-order valence-electron chi connectivity index (χ2n) is 5.35. The summed E-state index contributed by atoms with van der Waals surface area (Å²) in [7, 11) is 1.75. The van der Waals surface area contributed by atoms with Gasteiger partial charge in [0.15, 0.2) is 0 Å². The molecule has 1 saturated heterocycles. The lowest BCUT2D eigenvalue weighted by Crippen LogP contribution is -2.23. The van der Waals surface area contributed by atoms with E-state index in [1.54, 1.807) is 18.1 Å². The molecule has 0 bridgehead atoms. The molecule has 1 fully saturated rings. The van der Waals surface area contributed by atoms with Crippen LogP contribution in [0.5, 0.6) is 0 Å². The third kappa shape index (κ3) is 2.52. The maximum Gasteiger partial charge on any atom is 0.224 e. The van der Waals surface area contributed by atoms with Crippen molar-refractivity contribution < 1.29 is 4.79 Å². The first-order valence-corrected chi connectivity index (χ1v) is 6.90. The highest BCUT2D eigenvalue weighted by molar-refractivity contribution is 5.79. The first-order chi connectivity index (χ1) is 10.2. The van der Waals surface area contributed by atoms with E-state index in [0.29, 0.717) is 13.0 Å². The molecule has 5 nitrogen and oxygen atoms in total. The van der Waals surface area contributed by atoms with Gasteiger partial charge in [0.2, 0.25) is 5.91 Å². The fourth-order valence-electron chi connectivity index (χ4n) is 2.83. The first-order valence-electron chi connectivity index (χ1n) is 6.90. The van der Waals surface area contributed by atoms with E-state index in [1.807, 2.05) is 41.2 Å². The number of amides is 1. The summed E-state index contributed by atoms with van der Waals surface area (Å²) in [6, 6.07) is 12.1. The van der Waals surface area contributed by atoms with Gasteiger partial charge in [0.25, 0.3) is 0 Å². The summed E-state index contributed by atoms with van der Waals surface area (Å²) >= 11 is 0. The van der Waals surface area contributed by atoms with Crippen LogP contribution in [0, 0.1) is 17.2 Å². The van der Waals surface area contributed by atoms with Gasteiger partial charge in [-0.3, -0.25) is 9.48 Å². The van der Waals surface area contributed by atoms with Crippen molar-refractivity contribution in [2.45, 2.75) is 19.0 Å². The minimum atomic E-state index is -0.295. The molecule has 1 aromatic carbocycles. The Kier molecular flexibility index (Phi) is 3.44. The van der Waals surface area contributed by atoms with Crippen molar-refractivity contribution in [2.24, 2.45) is 5.92 Å². The zero-order valence-electron chi connectivity index (χ0n) is 11.8. The number of likely N-dealkylation sites (tertiary alicyclic amines) is 1. The highest BCUT2D eigenvalue weighted by atomic mass is 16.2. The lowest BCUT2D eigenvalue weighted by atomic mass is 9.97.